The second kappa shape index (κ2) is 10.2. The molecule has 27 heavy (non-hydrogen) atoms. The number of anilines is 1. The van der Waals surface area contributed by atoms with Crippen molar-refractivity contribution in [3.05, 3.63) is 40.4 Å². The summed E-state index contributed by atoms with van der Waals surface area (Å²) >= 11 is 7.54. The topological polar surface area (TPSA) is 67.0 Å². The Kier molecular flexibility index (Phi) is 8.29. The Bertz CT molecular complexity index is 757. The van der Waals surface area contributed by atoms with Gasteiger partial charge in [-0.05, 0) is 18.2 Å². The van der Waals surface area contributed by atoms with E-state index in [1.165, 1.54) is 12.1 Å². The highest BCUT2D eigenvalue weighted by molar-refractivity contribution is 14.0. The maximum Gasteiger partial charge on any atom is 0.387 e. The van der Waals surface area contributed by atoms with Crippen molar-refractivity contribution in [1.82, 2.24) is 9.88 Å². The van der Waals surface area contributed by atoms with E-state index in [-0.39, 0.29) is 36.3 Å². The van der Waals surface area contributed by atoms with Crippen molar-refractivity contribution in [2.75, 3.05) is 31.1 Å². The van der Waals surface area contributed by atoms with Gasteiger partial charge in [-0.2, -0.15) is 8.78 Å². The Morgan fingerprint density at radius 1 is 1.33 bits per heavy atom. The molecule has 11 heteroatoms. The van der Waals surface area contributed by atoms with E-state index in [9.17, 15) is 8.78 Å². The minimum absolute atomic E-state index is 0. The van der Waals surface area contributed by atoms with Gasteiger partial charge in [-0.1, -0.05) is 11.6 Å². The third-order valence-corrected chi connectivity index (χ3v) is 5.01. The summed E-state index contributed by atoms with van der Waals surface area (Å²) in [6.45, 7) is 0.216. The fourth-order valence-corrected chi connectivity index (χ4v) is 3.54. The normalized spacial score (nSPS) is 15.0. The zero-order valence-corrected chi connectivity index (χ0v) is 18.1. The van der Waals surface area contributed by atoms with Gasteiger partial charge >= 0.3 is 6.61 Å². The quantitative estimate of drug-likeness (QED) is 0.364. The van der Waals surface area contributed by atoms with Crippen LogP contribution in [0.4, 0.5) is 13.9 Å². The number of piperazine rings is 1. The predicted molar refractivity (Wildman–Crippen MR) is 115 cm³/mol. The lowest BCUT2D eigenvalue weighted by atomic mass is 10.2. The number of aromatic nitrogens is 1. The summed E-state index contributed by atoms with van der Waals surface area (Å²) in [7, 11) is 0. The lowest BCUT2D eigenvalue weighted by molar-refractivity contribution is -0.0504. The van der Waals surface area contributed by atoms with E-state index in [0.29, 0.717) is 29.6 Å². The summed E-state index contributed by atoms with van der Waals surface area (Å²) in [5, 5.41) is 3.36. The molecular weight excluding hydrogens is 511 g/mol. The number of ether oxygens (including phenoxy) is 1. The van der Waals surface area contributed by atoms with E-state index in [1.807, 2.05) is 10.3 Å². The first-order valence-corrected chi connectivity index (χ1v) is 9.21. The Balaban J connectivity index is 0.00000261. The molecule has 0 amide bonds. The van der Waals surface area contributed by atoms with Gasteiger partial charge < -0.3 is 20.3 Å². The predicted octanol–water partition coefficient (Wildman–Crippen LogP) is 3.65. The Morgan fingerprint density at radius 3 is 2.70 bits per heavy atom. The fourth-order valence-electron chi connectivity index (χ4n) is 2.65. The summed E-state index contributed by atoms with van der Waals surface area (Å²) in [5.41, 5.74) is 6.53. The van der Waals surface area contributed by atoms with Crippen LogP contribution in [-0.2, 0) is 6.54 Å². The molecule has 0 spiro atoms. The van der Waals surface area contributed by atoms with Crippen LogP contribution in [0.25, 0.3) is 0 Å². The highest BCUT2D eigenvalue weighted by Gasteiger charge is 2.20. The highest BCUT2D eigenvalue weighted by atomic mass is 127. The van der Waals surface area contributed by atoms with Crippen molar-refractivity contribution >= 4 is 58.0 Å². The number of nitrogens with zero attached hydrogens (tertiary/aromatic N) is 4. The zero-order chi connectivity index (χ0) is 18.5. The van der Waals surface area contributed by atoms with Crippen LogP contribution < -0.4 is 15.4 Å². The molecule has 1 aliphatic rings. The molecule has 2 heterocycles. The summed E-state index contributed by atoms with van der Waals surface area (Å²) in [6, 6.07) is 4.45. The number of thiazole rings is 1. The van der Waals surface area contributed by atoms with Gasteiger partial charge in [0.05, 0.1) is 6.54 Å². The van der Waals surface area contributed by atoms with Crippen LogP contribution in [0, 0.1) is 0 Å². The molecule has 148 valence electrons. The van der Waals surface area contributed by atoms with Crippen LogP contribution in [0.15, 0.2) is 34.8 Å². The van der Waals surface area contributed by atoms with E-state index < -0.39 is 6.61 Å². The van der Waals surface area contributed by atoms with E-state index in [1.54, 1.807) is 23.6 Å². The van der Waals surface area contributed by atoms with Gasteiger partial charge in [-0.15, -0.1) is 35.3 Å². The maximum absolute atomic E-state index is 12.5. The Morgan fingerprint density at radius 2 is 2.07 bits per heavy atom. The molecule has 3 rings (SSSR count). The molecule has 0 atom stereocenters. The van der Waals surface area contributed by atoms with Gasteiger partial charge in [0, 0.05) is 48.3 Å². The number of hydrogen-bond donors (Lipinski definition) is 1. The molecule has 2 aromatic rings. The molecule has 2 N–H and O–H groups in total. The maximum atomic E-state index is 12.5. The molecular formula is C16H19ClF2IN5OS. The first kappa shape index (κ1) is 21.9. The molecule has 1 aliphatic heterocycles. The zero-order valence-electron chi connectivity index (χ0n) is 14.2. The van der Waals surface area contributed by atoms with Crippen LogP contribution >= 0.6 is 46.9 Å². The first-order chi connectivity index (χ1) is 12.5. The number of hydrogen-bond acceptors (Lipinski definition) is 5. The van der Waals surface area contributed by atoms with Crippen molar-refractivity contribution in [2.24, 2.45) is 10.7 Å². The molecule has 1 aromatic heterocycles. The monoisotopic (exact) mass is 529 g/mol. The molecule has 1 fully saturated rings. The van der Waals surface area contributed by atoms with E-state index in [0.717, 1.165) is 18.2 Å². The number of halogens is 4. The molecule has 0 radical (unpaired) electrons. The molecule has 1 saturated heterocycles. The molecule has 1 aromatic carbocycles. The number of nitrogens with two attached hydrogens (primary N) is 1. The summed E-state index contributed by atoms with van der Waals surface area (Å²) in [6.07, 6.45) is 1.78. The van der Waals surface area contributed by atoms with Gasteiger partial charge in [0.15, 0.2) is 11.1 Å². The lowest BCUT2D eigenvalue weighted by Crippen LogP contribution is -2.51. The molecule has 0 bridgehead atoms. The number of benzene rings is 1. The second-order valence-corrected chi connectivity index (χ2v) is 6.90. The van der Waals surface area contributed by atoms with E-state index >= 15 is 0 Å². The average molecular weight is 530 g/mol. The van der Waals surface area contributed by atoms with Crippen LogP contribution in [0.2, 0.25) is 5.02 Å². The number of rotatable bonds is 5. The van der Waals surface area contributed by atoms with E-state index in [4.69, 9.17) is 17.3 Å². The number of guanidine groups is 1. The van der Waals surface area contributed by atoms with Crippen molar-refractivity contribution in [2.45, 2.75) is 13.2 Å². The standard InChI is InChI=1S/C16H18ClF2N5OS.HI/c17-12-1-2-13(25-14(18)19)11(9-12)10-22-15(20)23-4-6-24(7-5-23)16-21-3-8-26-16;/h1-3,8-9,14H,4-7,10H2,(H2,20,22);1H. The summed E-state index contributed by atoms with van der Waals surface area (Å²) in [5.74, 6) is 0.418. The van der Waals surface area contributed by atoms with Gasteiger partial charge in [0.1, 0.15) is 5.75 Å². The van der Waals surface area contributed by atoms with Crippen LogP contribution in [0.1, 0.15) is 5.56 Å². The van der Waals surface area contributed by atoms with Crippen LogP contribution in [0.5, 0.6) is 5.75 Å². The van der Waals surface area contributed by atoms with Gasteiger partial charge in [-0.25, -0.2) is 9.98 Å². The fraction of sp³-hybridized carbons (Fsp3) is 0.375. The SMILES string of the molecule is I.NC(=NCc1cc(Cl)ccc1OC(F)F)N1CCN(c2nccs2)CC1. The number of aliphatic imine (C=N–C) groups is 1. The minimum Gasteiger partial charge on any atom is -0.434 e. The first-order valence-electron chi connectivity index (χ1n) is 7.95. The van der Waals surface area contributed by atoms with E-state index in [2.05, 4.69) is 19.6 Å². The van der Waals surface area contributed by atoms with Crippen molar-refractivity contribution in [1.29, 1.82) is 0 Å². The van der Waals surface area contributed by atoms with Crippen molar-refractivity contribution in [3.63, 3.8) is 0 Å². The second-order valence-electron chi connectivity index (χ2n) is 5.59. The highest BCUT2D eigenvalue weighted by Crippen LogP contribution is 2.25. The van der Waals surface area contributed by atoms with Crippen molar-refractivity contribution in [3.8, 4) is 5.75 Å². The third kappa shape index (κ3) is 6.04. The largest absolute Gasteiger partial charge is 0.434 e. The van der Waals surface area contributed by atoms with Gasteiger partial charge in [0.2, 0.25) is 0 Å². The average Bonchev–Trinajstić information content (AvgIpc) is 3.16. The molecule has 0 saturated carbocycles. The van der Waals surface area contributed by atoms with Gasteiger partial charge in [0.25, 0.3) is 0 Å². The third-order valence-electron chi connectivity index (χ3n) is 3.94. The lowest BCUT2D eigenvalue weighted by Gasteiger charge is -2.35. The summed E-state index contributed by atoms with van der Waals surface area (Å²) < 4.78 is 29.5. The van der Waals surface area contributed by atoms with Gasteiger partial charge in [-0.3, -0.25) is 0 Å². The van der Waals surface area contributed by atoms with Crippen molar-refractivity contribution < 1.29 is 13.5 Å². The number of alkyl halides is 2. The Labute approximate surface area is 182 Å². The Hall–Kier alpha value is -1.40. The molecule has 0 aliphatic carbocycles. The van der Waals surface area contributed by atoms with Crippen LogP contribution in [-0.4, -0.2) is 48.6 Å². The molecule has 6 nitrogen and oxygen atoms in total. The van der Waals surface area contributed by atoms with Crippen LogP contribution in [0.3, 0.4) is 0 Å². The smallest absolute Gasteiger partial charge is 0.387 e. The molecule has 0 unspecified atom stereocenters. The minimum atomic E-state index is -2.91. The summed E-state index contributed by atoms with van der Waals surface area (Å²) in [4.78, 5) is 12.8.